The van der Waals surface area contributed by atoms with Gasteiger partial charge in [0.15, 0.2) is 17.1 Å². The zero-order chi connectivity index (χ0) is 28.8. The standard InChI is InChI=1S/C30H32N4O4S2/c1-7-12-34-27(21(5)38-23-14-19(3)13-20(4)15-23)32-33-30(34)40-17-25(35)31-28-26(29(36)37-6)24(16-39-28)22-10-8-18(2)9-11-22/h7-11,13-16,21H,1,12,17H2,2-6H3,(H,31,35). The van der Waals surface area contributed by atoms with Crippen LogP contribution in [0.4, 0.5) is 5.00 Å². The number of aryl methyl sites for hydroxylation is 3. The number of thioether (sulfide) groups is 1. The number of ether oxygens (including phenoxy) is 2. The van der Waals surface area contributed by atoms with Crippen molar-refractivity contribution in [3.05, 3.63) is 88.6 Å². The molecule has 0 saturated heterocycles. The number of allylic oxidation sites excluding steroid dienone is 1. The van der Waals surface area contributed by atoms with E-state index in [1.165, 1.54) is 30.2 Å². The van der Waals surface area contributed by atoms with E-state index in [1.807, 2.05) is 74.0 Å². The van der Waals surface area contributed by atoms with E-state index in [2.05, 4.69) is 28.2 Å². The van der Waals surface area contributed by atoms with Crippen LogP contribution < -0.4 is 10.1 Å². The van der Waals surface area contributed by atoms with Crippen molar-refractivity contribution >= 4 is 40.0 Å². The van der Waals surface area contributed by atoms with Crippen LogP contribution in [-0.2, 0) is 16.1 Å². The summed E-state index contributed by atoms with van der Waals surface area (Å²) in [6, 6.07) is 13.9. The predicted octanol–water partition coefficient (Wildman–Crippen LogP) is 6.78. The molecule has 40 heavy (non-hydrogen) atoms. The molecule has 208 valence electrons. The molecule has 0 bridgehead atoms. The number of carbonyl (C=O) groups excluding carboxylic acids is 2. The molecule has 0 aliphatic carbocycles. The zero-order valence-corrected chi connectivity index (χ0v) is 24.8. The second kappa shape index (κ2) is 13.0. The number of nitrogens with zero attached hydrogens (tertiary/aromatic N) is 3. The number of anilines is 1. The molecule has 2 heterocycles. The van der Waals surface area contributed by atoms with E-state index in [4.69, 9.17) is 9.47 Å². The Morgan fingerprint density at radius 1 is 1.10 bits per heavy atom. The van der Waals surface area contributed by atoms with Gasteiger partial charge in [0.2, 0.25) is 5.91 Å². The molecule has 1 unspecified atom stereocenters. The molecule has 1 N–H and O–H groups in total. The summed E-state index contributed by atoms with van der Waals surface area (Å²) in [5.74, 6) is 0.680. The summed E-state index contributed by atoms with van der Waals surface area (Å²) in [5.41, 5.74) is 5.27. The Morgan fingerprint density at radius 3 is 2.45 bits per heavy atom. The topological polar surface area (TPSA) is 95.3 Å². The van der Waals surface area contributed by atoms with Crippen molar-refractivity contribution in [3.63, 3.8) is 0 Å². The fraction of sp³-hybridized carbons (Fsp3) is 0.267. The van der Waals surface area contributed by atoms with Crippen molar-refractivity contribution in [2.75, 3.05) is 18.2 Å². The molecular formula is C30H32N4O4S2. The molecule has 2 aromatic heterocycles. The number of nitrogens with one attached hydrogen (secondary N) is 1. The molecule has 0 radical (unpaired) electrons. The highest BCUT2D eigenvalue weighted by molar-refractivity contribution is 7.99. The van der Waals surface area contributed by atoms with Crippen molar-refractivity contribution in [2.24, 2.45) is 0 Å². The van der Waals surface area contributed by atoms with E-state index in [9.17, 15) is 9.59 Å². The quantitative estimate of drug-likeness (QED) is 0.120. The number of thiophene rings is 1. The first-order valence-corrected chi connectivity index (χ1v) is 14.5. The van der Waals surface area contributed by atoms with E-state index in [-0.39, 0.29) is 17.8 Å². The normalized spacial score (nSPS) is 11.6. The first-order chi connectivity index (χ1) is 19.2. The van der Waals surface area contributed by atoms with Crippen molar-refractivity contribution in [1.29, 1.82) is 0 Å². The number of amides is 1. The van der Waals surface area contributed by atoms with E-state index in [0.717, 1.165) is 28.0 Å². The lowest BCUT2D eigenvalue weighted by atomic mass is 10.0. The van der Waals surface area contributed by atoms with Gasteiger partial charge in [-0.2, -0.15) is 0 Å². The van der Waals surface area contributed by atoms with Gasteiger partial charge < -0.3 is 14.8 Å². The zero-order valence-electron chi connectivity index (χ0n) is 23.2. The summed E-state index contributed by atoms with van der Waals surface area (Å²) in [4.78, 5) is 25.6. The van der Waals surface area contributed by atoms with E-state index in [0.29, 0.717) is 33.7 Å². The molecule has 2 aromatic carbocycles. The Morgan fingerprint density at radius 2 is 1.80 bits per heavy atom. The summed E-state index contributed by atoms with van der Waals surface area (Å²) in [6.07, 6.45) is 1.38. The van der Waals surface area contributed by atoms with E-state index in [1.54, 1.807) is 6.08 Å². The van der Waals surface area contributed by atoms with Crippen LogP contribution >= 0.6 is 23.1 Å². The van der Waals surface area contributed by atoms with Crippen molar-refractivity contribution < 1.29 is 19.1 Å². The highest BCUT2D eigenvalue weighted by atomic mass is 32.2. The monoisotopic (exact) mass is 576 g/mol. The van der Waals surface area contributed by atoms with Crippen LogP contribution in [0.25, 0.3) is 11.1 Å². The molecule has 0 aliphatic heterocycles. The molecular weight excluding hydrogens is 544 g/mol. The Kier molecular flexibility index (Phi) is 9.44. The molecule has 4 rings (SSSR count). The fourth-order valence-corrected chi connectivity index (χ4v) is 5.99. The number of methoxy groups -OCH3 is 1. The molecule has 4 aromatic rings. The lowest BCUT2D eigenvalue weighted by Crippen LogP contribution is -2.17. The highest BCUT2D eigenvalue weighted by Crippen LogP contribution is 2.36. The summed E-state index contributed by atoms with van der Waals surface area (Å²) in [7, 11) is 1.33. The lowest BCUT2D eigenvalue weighted by Gasteiger charge is -2.16. The minimum Gasteiger partial charge on any atom is -0.483 e. The van der Waals surface area contributed by atoms with Gasteiger partial charge in [0.1, 0.15) is 16.3 Å². The number of carbonyl (C=O) groups is 2. The summed E-state index contributed by atoms with van der Waals surface area (Å²) >= 11 is 2.54. The molecule has 1 atom stereocenters. The third-order valence-corrected chi connectivity index (χ3v) is 7.92. The van der Waals surface area contributed by atoms with E-state index >= 15 is 0 Å². The van der Waals surface area contributed by atoms with Gasteiger partial charge in [0.25, 0.3) is 0 Å². The summed E-state index contributed by atoms with van der Waals surface area (Å²) < 4.78 is 13.1. The van der Waals surface area contributed by atoms with Gasteiger partial charge in [-0.1, -0.05) is 53.7 Å². The number of aromatic nitrogens is 3. The largest absolute Gasteiger partial charge is 0.483 e. The third kappa shape index (κ3) is 6.81. The Bertz CT molecular complexity index is 1500. The van der Waals surface area contributed by atoms with Crippen molar-refractivity contribution in [3.8, 4) is 16.9 Å². The maximum Gasteiger partial charge on any atom is 0.341 e. The van der Waals surface area contributed by atoms with Crippen LogP contribution in [0.2, 0.25) is 0 Å². The maximum absolute atomic E-state index is 13.0. The van der Waals surface area contributed by atoms with Crippen LogP contribution in [-0.4, -0.2) is 39.5 Å². The van der Waals surface area contributed by atoms with Gasteiger partial charge in [0.05, 0.1) is 12.9 Å². The number of hydrogen-bond donors (Lipinski definition) is 1. The second-order valence-electron chi connectivity index (χ2n) is 9.37. The Hall–Kier alpha value is -3.89. The average Bonchev–Trinajstić information content (AvgIpc) is 3.51. The van der Waals surface area contributed by atoms with E-state index < -0.39 is 5.97 Å². The number of rotatable bonds is 11. The van der Waals surface area contributed by atoms with Gasteiger partial charge in [-0.25, -0.2) is 4.79 Å². The lowest BCUT2D eigenvalue weighted by molar-refractivity contribution is -0.113. The number of benzene rings is 2. The fourth-order valence-electron chi connectivity index (χ4n) is 4.26. The molecule has 10 heteroatoms. The molecule has 0 fully saturated rings. The van der Waals surface area contributed by atoms with Gasteiger partial charge in [-0.15, -0.1) is 28.1 Å². The van der Waals surface area contributed by atoms with Gasteiger partial charge in [-0.05, 0) is 56.5 Å². The van der Waals surface area contributed by atoms with Gasteiger partial charge in [-0.3, -0.25) is 9.36 Å². The van der Waals surface area contributed by atoms with Crippen molar-refractivity contribution in [2.45, 2.75) is 45.5 Å². The molecule has 8 nitrogen and oxygen atoms in total. The Balaban J connectivity index is 1.48. The molecule has 1 amide bonds. The SMILES string of the molecule is C=CCn1c(SCC(=O)Nc2scc(-c3ccc(C)cc3)c2C(=O)OC)nnc1C(C)Oc1cc(C)cc(C)c1. The number of hydrogen-bond acceptors (Lipinski definition) is 8. The van der Waals surface area contributed by atoms with Gasteiger partial charge in [0, 0.05) is 17.5 Å². The molecule has 0 aliphatic rings. The van der Waals surface area contributed by atoms with Crippen LogP contribution in [0.5, 0.6) is 5.75 Å². The maximum atomic E-state index is 13.0. The highest BCUT2D eigenvalue weighted by Gasteiger charge is 2.24. The Labute approximate surface area is 242 Å². The molecule has 0 saturated carbocycles. The smallest absolute Gasteiger partial charge is 0.341 e. The van der Waals surface area contributed by atoms with Gasteiger partial charge >= 0.3 is 5.97 Å². The third-order valence-electron chi connectivity index (χ3n) is 6.06. The predicted molar refractivity (Wildman–Crippen MR) is 160 cm³/mol. The summed E-state index contributed by atoms with van der Waals surface area (Å²) in [6.45, 7) is 12.3. The van der Waals surface area contributed by atoms with Crippen molar-refractivity contribution in [1.82, 2.24) is 14.8 Å². The minimum absolute atomic E-state index is 0.0694. The van der Waals surface area contributed by atoms with Crippen LogP contribution in [0.1, 0.15) is 45.9 Å². The molecule has 0 spiro atoms. The first-order valence-electron chi connectivity index (χ1n) is 12.7. The van der Waals surface area contributed by atoms with Crippen LogP contribution in [0, 0.1) is 20.8 Å². The number of esters is 1. The average molecular weight is 577 g/mol. The van der Waals surface area contributed by atoms with Crippen LogP contribution in [0.15, 0.2) is 65.7 Å². The minimum atomic E-state index is -0.507. The van der Waals surface area contributed by atoms with Crippen LogP contribution in [0.3, 0.4) is 0 Å². The first kappa shape index (κ1) is 29.1. The second-order valence-corrected chi connectivity index (χ2v) is 11.2. The summed E-state index contributed by atoms with van der Waals surface area (Å²) in [5, 5.41) is 14.4.